The Morgan fingerprint density at radius 3 is 2.36 bits per heavy atom. The molecule has 0 bridgehead atoms. The monoisotopic (exact) mass is 575 g/mol. The molecular weight excluding hydrogens is 551 g/mol. The van der Waals surface area contributed by atoms with Crippen molar-refractivity contribution in [2.24, 2.45) is 0 Å². The molecule has 1 saturated heterocycles. The summed E-state index contributed by atoms with van der Waals surface area (Å²) in [6.07, 6.45) is -3.07. The van der Waals surface area contributed by atoms with Crippen molar-refractivity contribution < 1.29 is 31.9 Å². The van der Waals surface area contributed by atoms with Crippen molar-refractivity contribution in [3.05, 3.63) is 94.9 Å². The van der Waals surface area contributed by atoms with E-state index in [-0.39, 0.29) is 12.2 Å². The van der Waals surface area contributed by atoms with Gasteiger partial charge >= 0.3 is 6.18 Å². The van der Waals surface area contributed by atoms with Gasteiger partial charge in [0.05, 0.1) is 18.8 Å². The van der Waals surface area contributed by atoms with Crippen LogP contribution in [-0.4, -0.2) is 47.3 Å². The number of carbonyl (C=O) groups excluding carboxylic acids is 2. The average molecular weight is 576 g/mol. The van der Waals surface area contributed by atoms with Crippen LogP contribution < -0.4 is 10.6 Å². The van der Waals surface area contributed by atoms with Gasteiger partial charge in [0.2, 0.25) is 0 Å². The third kappa shape index (κ3) is 8.19. The van der Waals surface area contributed by atoms with Gasteiger partial charge in [0, 0.05) is 31.3 Å². The lowest BCUT2D eigenvalue weighted by Crippen LogP contribution is -2.38. The molecule has 1 fully saturated rings. The molecule has 4 rings (SSSR count). The van der Waals surface area contributed by atoms with Gasteiger partial charge in [0.25, 0.3) is 11.8 Å². The highest BCUT2D eigenvalue weighted by Gasteiger charge is 2.30. The molecule has 0 radical (unpaired) electrons. The van der Waals surface area contributed by atoms with Crippen LogP contribution in [0.4, 0.5) is 13.2 Å². The molecule has 0 atom stereocenters. The second-order valence-corrected chi connectivity index (χ2v) is 10.0. The van der Waals surface area contributed by atoms with Gasteiger partial charge in [0.15, 0.2) is 5.09 Å². The number of morpholine rings is 1. The topological polar surface area (TPSA) is 83.8 Å². The molecule has 0 saturated carbocycles. The predicted molar refractivity (Wildman–Crippen MR) is 145 cm³/mol. The maximum atomic E-state index is 13.0. The van der Waals surface area contributed by atoms with E-state index in [1.54, 1.807) is 42.5 Å². The highest BCUT2D eigenvalue weighted by atomic mass is 32.2. The van der Waals surface area contributed by atoms with Crippen LogP contribution in [-0.2, 0) is 22.3 Å². The third-order valence-electron chi connectivity index (χ3n) is 5.61. The maximum Gasteiger partial charge on any atom is 0.416 e. The first-order valence-corrected chi connectivity index (χ1v) is 13.1. The summed E-state index contributed by atoms with van der Waals surface area (Å²) in [7, 11) is 0. The Bertz CT molecular complexity index is 1340. The Balaban J connectivity index is 1.48. The number of nitrogens with zero attached hydrogens (tertiary/aromatic N) is 1. The van der Waals surface area contributed by atoms with Crippen LogP contribution in [0.15, 0.2) is 81.9 Å². The van der Waals surface area contributed by atoms with Gasteiger partial charge in [-0.05, 0) is 53.7 Å². The number of amides is 2. The number of ether oxygens (including phenoxy) is 1. The Morgan fingerprint density at radius 2 is 1.69 bits per heavy atom. The first kappa shape index (κ1) is 28.4. The van der Waals surface area contributed by atoms with E-state index >= 15 is 0 Å². The predicted octanol–water partition coefficient (Wildman–Crippen LogP) is 5.09. The van der Waals surface area contributed by atoms with E-state index in [1.807, 2.05) is 4.90 Å². The maximum absolute atomic E-state index is 13.0. The van der Waals surface area contributed by atoms with E-state index in [2.05, 4.69) is 10.6 Å². The molecule has 2 heterocycles. The molecule has 0 unspecified atom stereocenters. The molecule has 2 amide bonds. The zero-order valence-corrected chi connectivity index (χ0v) is 22.1. The number of hydrogen-bond acceptors (Lipinski definition) is 6. The van der Waals surface area contributed by atoms with Crippen molar-refractivity contribution >= 4 is 46.2 Å². The van der Waals surface area contributed by atoms with Gasteiger partial charge in [-0.1, -0.05) is 42.5 Å². The molecule has 1 aliphatic rings. The van der Waals surface area contributed by atoms with Crippen LogP contribution in [0.25, 0.3) is 6.08 Å². The van der Waals surface area contributed by atoms with Crippen molar-refractivity contribution in [3.8, 4) is 0 Å². The lowest BCUT2D eigenvalue weighted by Gasteiger charge is -2.28. The summed E-state index contributed by atoms with van der Waals surface area (Å²) in [5.41, 5.74) is -0.0887. The SMILES string of the molecule is O=C(NCc1ccc(C(F)(F)F)cc1)/C(=C/c1ccc(SC(=S)N2CCOCC2)o1)NC(=O)c1ccccc1. The zero-order chi connectivity index (χ0) is 27.8. The van der Waals surface area contributed by atoms with Gasteiger partial charge in [-0.2, -0.15) is 13.2 Å². The summed E-state index contributed by atoms with van der Waals surface area (Å²) >= 11 is 6.75. The first-order chi connectivity index (χ1) is 18.7. The Labute approximate surface area is 232 Å². The number of carbonyl (C=O) groups is 2. The number of alkyl halides is 3. The van der Waals surface area contributed by atoms with Crippen LogP contribution in [0, 0.1) is 0 Å². The molecule has 1 aliphatic heterocycles. The van der Waals surface area contributed by atoms with Crippen LogP contribution in [0.1, 0.15) is 27.2 Å². The number of thiocarbonyl (C=S) groups is 1. The van der Waals surface area contributed by atoms with Crippen molar-refractivity contribution in [2.45, 2.75) is 17.8 Å². The molecule has 204 valence electrons. The van der Waals surface area contributed by atoms with Crippen LogP contribution in [0.5, 0.6) is 0 Å². The average Bonchev–Trinajstić information content (AvgIpc) is 3.38. The normalized spacial score (nSPS) is 14.1. The van der Waals surface area contributed by atoms with E-state index in [0.29, 0.717) is 52.6 Å². The number of rotatable bonds is 7. The summed E-state index contributed by atoms with van der Waals surface area (Å²) in [6.45, 7) is 2.52. The molecule has 7 nitrogen and oxygen atoms in total. The van der Waals surface area contributed by atoms with E-state index < -0.39 is 23.6 Å². The van der Waals surface area contributed by atoms with Gasteiger partial charge < -0.3 is 24.7 Å². The van der Waals surface area contributed by atoms with Crippen LogP contribution >= 0.6 is 24.0 Å². The minimum Gasteiger partial charge on any atom is -0.450 e. The number of hydrogen-bond donors (Lipinski definition) is 2. The molecule has 0 aliphatic carbocycles. The Morgan fingerprint density at radius 1 is 1.00 bits per heavy atom. The summed E-state index contributed by atoms with van der Waals surface area (Å²) in [5.74, 6) is -0.856. The van der Waals surface area contributed by atoms with E-state index in [1.165, 1.54) is 30.0 Å². The van der Waals surface area contributed by atoms with E-state index in [9.17, 15) is 22.8 Å². The Hall–Kier alpha value is -3.61. The molecule has 0 spiro atoms. The fraction of sp³-hybridized carbons (Fsp3) is 0.222. The van der Waals surface area contributed by atoms with Crippen molar-refractivity contribution in [1.29, 1.82) is 0 Å². The first-order valence-electron chi connectivity index (χ1n) is 11.9. The molecule has 3 aromatic rings. The van der Waals surface area contributed by atoms with Crippen molar-refractivity contribution in [3.63, 3.8) is 0 Å². The van der Waals surface area contributed by atoms with Crippen molar-refractivity contribution in [1.82, 2.24) is 15.5 Å². The lowest BCUT2D eigenvalue weighted by molar-refractivity contribution is -0.137. The summed E-state index contributed by atoms with van der Waals surface area (Å²) < 4.78 is 50.3. The standard InChI is InChI=1S/C27H24F3N3O4S2/c28-27(29,30)20-8-6-18(7-9-20)17-31-25(35)22(32-24(34)19-4-2-1-3-5-19)16-21-10-11-23(37-21)39-26(38)33-12-14-36-15-13-33/h1-11,16H,12-15,17H2,(H,31,35)(H,32,34)/b22-16-. The highest BCUT2D eigenvalue weighted by molar-refractivity contribution is 8.22. The molecule has 1 aromatic heterocycles. The lowest BCUT2D eigenvalue weighted by atomic mass is 10.1. The summed E-state index contributed by atoms with van der Waals surface area (Å²) in [5, 5.41) is 5.73. The zero-order valence-electron chi connectivity index (χ0n) is 20.5. The minimum absolute atomic E-state index is 0.0530. The van der Waals surface area contributed by atoms with Crippen LogP contribution in [0.2, 0.25) is 0 Å². The molecule has 2 aromatic carbocycles. The second-order valence-electron chi connectivity index (χ2n) is 8.38. The molecule has 2 N–H and O–H groups in total. The van der Waals surface area contributed by atoms with Gasteiger partial charge in [-0.15, -0.1) is 0 Å². The molecule has 12 heteroatoms. The van der Waals surface area contributed by atoms with Gasteiger partial charge in [-0.25, -0.2) is 0 Å². The quantitative estimate of drug-likeness (QED) is 0.231. The Kier molecular flexibility index (Phi) is 9.44. The molecule has 39 heavy (non-hydrogen) atoms. The van der Waals surface area contributed by atoms with Crippen LogP contribution in [0.3, 0.4) is 0 Å². The van der Waals surface area contributed by atoms with E-state index in [4.69, 9.17) is 21.4 Å². The van der Waals surface area contributed by atoms with Gasteiger partial charge in [-0.3, -0.25) is 9.59 Å². The number of furan rings is 1. The minimum atomic E-state index is -4.45. The second kappa shape index (κ2) is 13.0. The highest BCUT2D eigenvalue weighted by Crippen LogP contribution is 2.29. The summed E-state index contributed by atoms with van der Waals surface area (Å²) in [6, 6.07) is 16.1. The fourth-order valence-corrected chi connectivity index (χ4v) is 4.72. The third-order valence-corrected chi connectivity index (χ3v) is 6.97. The van der Waals surface area contributed by atoms with Crippen molar-refractivity contribution in [2.75, 3.05) is 26.3 Å². The number of halogens is 3. The van der Waals surface area contributed by atoms with E-state index in [0.717, 1.165) is 12.1 Å². The number of nitrogens with one attached hydrogen (secondary N) is 2. The molecular formula is C27H24F3N3O4S2. The van der Waals surface area contributed by atoms with Gasteiger partial charge in [0.1, 0.15) is 15.8 Å². The number of thioether (sulfide) groups is 1. The smallest absolute Gasteiger partial charge is 0.416 e. The summed E-state index contributed by atoms with van der Waals surface area (Å²) in [4.78, 5) is 27.8. The number of benzene rings is 2. The largest absolute Gasteiger partial charge is 0.450 e. The fourth-order valence-electron chi connectivity index (χ4n) is 3.54.